The second-order valence-electron chi connectivity index (χ2n) is 4.99. The van der Waals surface area contributed by atoms with Crippen molar-refractivity contribution in [1.29, 1.82) is 0 Å². The summed E-state index contributed by atoms with van der Waals surface area (Å²) in [5.41, 5.74) is 4.75. The number of hydrogen-bond donors (Lipinski definition) is 2. The molecule has 0 fully saturated rings. The lowest BCUT2D eigenvalue weighted by atomic mass is 10.0. The number of benzene rings is 1. The molecule has 2 heterocycles. The van der Waals surface area contributed by atoms with Crippen molar-refractivity contribution in [3.63, 3.8) is 0 Å². The Balaban J connectivity index is 2.11. The standard InChI is InChI=1S/C15H10F3N5OS/c16-15(17,18)9-4-2-1-3-8(9)10-5-6-11-20-7-12(23(11)22-10)21-14(24)13(19)25/h1-7H,(H2,19,25)(H,21,24). The van der Waals surface area contributed by atoms with Gasteiger partial charge in [0.1, 0.15) is 0 Å². The maximum absolute atomic E-state index is 13.2. The highest BCUT2D eigenvalue weighted by Gasteiger charge is 2.33. The first-order valence-electron chi connectivity index (χ1n) is 6.89. The van der Waals surface area contributed by atoms with Gasteiger partial charge in [0.25, 0.3) is 5.91 Å². The second kappa shape index (κ2) is 6.13. The zero-order chi connectivity index (χ0) is 18.2. The van der Waals surface area contributed by atoms with Crippen molar-refractivity contribution in [3.05, 3.63) is 48.2 Å². The molecular formula is C15H10F3N5OS. The van der Waals surface area contributed by atoms with Crippen LogP contribution in [0.3, 0.4) is 0 Å². The van der Waals surface area contributed by atoms with E-state index in [-0.39, 0.29) is 22.1 Å². The summed E-state index contributed by atoms with van der Waals surface area (Å²) in [4.78, 5) is 15.2. The molecule has 3 aromatic rings. The molecule has 3 rings (SSSR count). The van der Waals surface area contributed by atoms with E-state index in [0.717, 1.165) is 6.07 Å². The summed E-state index contributed by atoms with van der Waals surface area (Å²) in [6.45, 7) is 0. The molecule has 0 saturated carbocycles. The number of alkyl halides is 3. The van der Waals surface area contributed by atoms with Crippen LogP contribution in [-0.2, 0) is 11.0 Å². The van der Waals surface area contributed by atoms with Gasteiger partial charge < -0.3 is 11.1 Å². The molecule has 0 unspecified atom stereocenters. The van der Waals surface area contributed by atoms with E-state index in [2.05, 4.69) is 27.6 Å². The summed E-state index contributed by atoms with van der Waals surface area (Å²) < 4.78 is 40.8. The van der Waals surface area contributed by atoms with Gasteiger partial charge in [0.15, 0.2) is 16.5 Å². The highest BCUT2D eigenvalue weighted by atomic mass is 32.1. The topological polar surface area (TPSA) is 85.3 Å². The van der Waals surface area contributed by atoms with Gasteiger partial charge in [-0.2, -0.15) is 22.8 Å². The summed E-state index contributed by atoms with van der Waals surface area (Å²) in [6, 6.07) is 8.00. The maximum atomic E-state index is 13.2. The minimum atomic E-state index is -4.52. The van der Waals surface area contributed by atoms with E-state index in [9.17, 15) is 18.0 Å². The smallest absolute Gasteiger partial charge is 0.385 e. The summed E-state index contributed by atoms with van der Waals surface area (Å²) >= 11 is 4.57. The van der Waals surface area contributed by atoms with E-state index >= 15 is 0 Å². The van der Waals surface area contributed by atoms with E-state index in [1.165, 1.54) is 41.0 Å². The average molecular weight is 365 g/mol. The average Bonchev–Trinajstić information content (AvgIpc) is 2.96. The van der Waals surface area contributed by atoms with Crippen LogP contribution >= 0.6 is 12.2 Å². The van der Waals surface area contributed by atoms with E-state index in [4.69, 9.17) is 5.73 Å². The van der Waals surface area contributed by atoms with Gasteiger partial charge in [-0.25, -0.2) is 4.98 Å². The number of imidazole rings is 1. The molecule has 0 saturated heterocycles. The lowest BCUT2D eigenvalue weighted by Crippen LogP contribution is -2.28. The molecule has 6 nitrogen and oxygen atoms in total. The number of carbonyl (C=O) groups excluding carboxylic acids is 1. The van der Waals surface area contributed by atoms with Crippen LogP contribution in [0.15, 0.2) is 42.6 Å². The Labute approximate surface area is 144 Å². The molecule has 10 heteroatoms. The van der Waals surface area contributed by atoms with Gasteiger partial charge >= 0.3 is 6.18 Å². The van der Waals surface area contributed by atoms with Crippen LogP contribution in [0, 0.1) is 0 Å². The van der Waals surface area contributed by atoms with Crippen LogP contribution in [0.1, 0.15) is 5.56 Å². The summed E-state index contributed by atoms with van der Waals surface area (Å²) in [5, 5.41) is 6.55. The first kappa shape index (κ1) is 16.8. The van der Waals surface area contributed by atoms with Crippen LogP contribution in [0.25, 0.3) is 16.9 Å². The fourth-order valence-corrected chi connectivity index (χ4v) is 2.28. The molecule has 0 spiro atoms. The zero-order valence-electron chi connectivity index (χ0n) is 12.4. The van der Waals surface area contributed by atoms with Crippen molar-refractivity contribution in [2.24, 2.45) is 5.73 Å². The molecule has 0 radical (unpaired) electrons. The highest BCUT2D eigenvalue weighted by Crippen LogP contribution is 2.36. The Morgan fingerprint density at radius 2 is 1.92 bits per heavy atom. The minimum absolute atomic E-state index is 0.0734. The largest absolute Gasteiger partial charge is 0.417 e. The van der Waals surface area contributed by atoms with Crippen LogP contribution in [0.4, 0.5) is 19.0 Å². The predicted octanol–water partition coefficient (Wildman–Crippen LogP) is 2.64. The number of aromatic nitrogens is 3. The second-order valence-corrected chi connectivity index (χ2v) is 5.43. The quantitative estimate of drug-likeness (QED) is 0.682. The molecule has 25 heavy (non-hydrogen) atoms. The van der Waals surface area contributed by atoms with Gasteiger partial charge in [0.2, 0.25) is 0 Å². The van der Waals surface area contributed by atoms with Crippen molar-refractivity contribution < 1.29 is 18.0 Å². The van der Waals surface area contributed by atoms with Crippen molar-refractivity contribution in [1.82, 2.24) is 14.6 Å². The number of halogens is 3. The number of fused-ring (bicyclic) bond motifs is 1. The molecule has 1 aromatic carbocycles. The molecule has 128 valence electrons. The minimum Gasteiger partial charge on any atom is -0.385 e. The van der Waals surface area contributed by atoms with Crippen molar-refractivity contribution in [3.8, 4) is 11.3 Å². The third-order valence-corrected chi connectivity index (χ3v) is 3.52. The Bertz CT molecular complexity index is 983. The Morgan fingerprint density at radius 1 is 1.20 bits per heavy atom. The molecule has 3 N–H and O–H groups in total. The normalized spacial score (nSPS) is 11.5. The van der Waals surface area contributed by atoms with E-state index < -0.39 is 17.6 Å². The number of nitrogens with two attached hydrogens (primary N) is 1. The predicted molar refractivity (Wildman–Crippen MR) is 88.8 cm³/mol. The summed E-state index contributed by atoms with van der Waals surface area (Å²) in [5.74, 6) is -0.584. The lowest BCUT2D eigenvalue weighted by molar-refractivity contribution is -0.137. The van der Waals surface area contributed by atoms with Crippen LogP contribution in [0.5, 0.6) is 0 Å². The van der Waals surface area contributed by atoms with Gasteiger partial charge in [0, 0.05) is 5.56 Å². The van der Waals surface area contributed by atoms with Gasteiger partial charge in [-0.1, -0.05) is 30.4 Å². The third kappa shape index (κ3) is 3.29. The fourth-order valence-electron chi connectivity index (χ4n) is 2.23. The zero-order valence-corrected chi connectivity index (χ0v) is 13.2. The fraction of sp³-hybridized carbons (Fsp3) is 0.0667. The molecule has 0 aliphatic carbocycles. The number of carbonyl (C=O) groups is 1. The Kier molecular flexibility index (Phi) is 4.13. The van der Waals surface area contributed by atoms with Crippen molar-refractivity contribution in [2.45, 2.75) is 6.18 Å². The van der Waals surface area contributed by atoms with Gasteiger partial charge in [0.05, 0.1) is 17.5 Å². The summed E-state index contributed by atoms with van der Waals surface area (Å²) in [7, 11) is 0. The van der Waals surface area contributed by atoms with E-state index in [1.807, 2.05) is 0 Å². The Morgan fingerprint density at radius 3 is 2.60 bits per heavy atom. The maximum Gasteiger partial charge on any atom is 0.417 e. The number of amides is 1. The van der Waals surface area contributed by atoms with Gasteiger partial charge in [-0.15, -0.1) is 0 Å². The molecule has 0 aliphatic heterocycles. The van der Waals surface area contributed by atoms with Gasteiger partial charge in [-0.05, 0) is 18.2 Å². The molecule has 1 amide bonds. The third-order valence-electron chi connectivity index (χ3n) is 3.34. The number of hydrogen-bond acceptors (Lipinski definition) is 4. The first-order valence-corrected chi connectivity index (χ1v) is 7.30. The number of nitrogens with zero attached hydrogens (tertiary/aromatic N) is 3. The monoisotopic (exact) mass is 365 g/mol. The lowest BCUT2D eigenvalue weighted by Gasteiger charge is -2.12. The van der Waals surface area contributed by atoms with Gasteiger partial charge in [-0.3, -0.25) is 4.79 Å². The van der Waals surface area contributed by atoms with Crippen molar-refractivity contribution >= 4 is 34.6 Å². The van der Waals surface area contributed by atoms with E-state index in [0.29, 0.717) is 5.65 Å². The molecule has 0 atom stereocenters. The Hall–Kier alpha value is -3.01. The summed E-state index contributed by atoms with van der Waals surface area (Å²) in [6.07, 6.45) is -3.22. The molecule has 2 aromatic heterocycles. The molecular weight excluding hydrogens is 355 g/mol. The van der Waals surface area contributed by atoms with Crippen LogP contribution < -0.4 is 11.1 Å². The van der Waals surface area contributed by atoms with Crippen LogP contribution in [0.2, 0.25) is 0 Å². The number of rotatable bonds is 2. The number of anilines is 1. The number of nitrogens with one attached hydrogen (secondary N) is 1. The highest BCUT2D eigenvalue weighted by molar-refractivity contribution is 7.82. The van der Waals surface area contributed by atoms with Crippen molar-refractivity contribution in [2.75, 3.05) is 5.32 Å². The van der Waals surface area contributed by atoms with E-state index in [1.54, 1.807) is 0 Å². The first-order chi connectivity index (χ1) is 11.8. The van der Waals surface area contributed by atoms with Crippen LogP contribution in [-0.4, -0.2) is 25.5 Å². The SMILES string of the molecule is NC(=S)C(=O)Nc1cnc2ccc(-c3ccccc3C(F)(F)F)nn12. The number of thiocarbonyl (C=S) groups is 1. The molecule has 0 aliphatic rings. The molecule has 0 bridgehead atoms.